The molecule has 1 fully saturated rings. The van der Waals surface area contributed by atoms with Gasteiger partial charge in [-0.2, -0.15) is 0 Å². The number of hydrogen-bond acceptors (Lipinski definition) is 3. The molecule has 0 bridgehead atoms. The Hall–Kier alpha value is -1.96. The van der Waals surface area contributed by atoms with Crippen LogP contribution in [0.3, 0.4) is 0 Å². The fraction of sp³-hybridized carbons (Fsp3) is 0.500. The van der Waals surface area contributed by atoms with Gasteiger partial charge in [-0.1, -0.05) is 12.1 Å². The number of nitrogens with one attached hydrogen (secondary N) is 1. The van der Waals surface area contributed by atoms with Gasteiger partial charge in [0.25, 0.3) is 0 Å². The molecule has 1 heterocycles. The Kier molecular flexibility index (Phi) is 5.12. The molecule has 1 aliphatic heterocycles. The van der Waals surface area contributed by atoms with E-state index in [-0.39, 0.29) is 11.8 Å². The normalized spacial score (nSPS) is 17.2. The summed E-state index contributed by atoms with van der Waals surface area (Å²) in [5.41, 5.74) is 5.83. The van der Waals surface area contributed by atoms with Gasteiger partial charge in [-0.25, -0.2) is 4.79 Å². The quantitative estimate of drug-likeness (QED) is 0.895. The zero-order valence-corrected chi connectivity index (χ0v) is 11.9. The van der Waals surface area contributed by atoms with E-state index in [1.807, 2.05) is 0 Å². The van der Waals surface area contributed by atoms with Gasteiger partial charge < -0.3 is 15.8 Å². The number of amides is 2. The number of carbonyl (C=O) groups excluding carboxylic acids is 1. The molecule has 0 unspecified atom stereocenters. The van der Waals surface area contributed by atoms with Crippen LogP contribution in [0.2, 0.25) is 0 Å². The molecular weight excluding hydrogens is 299 g/mol. The summed E-state index contributed by atoms with van der Waals surface area (Å²) in [6.45, 7) is 2.03. The van der Waals surface area contributed by atoms with E-state index < -0.39 is 12.4 Å². The fourth-order valence-electron chi connectivity index (χ4n) is 2.54. The SMILES string of the molecule is NC(=O)NC1CCN(Cc2cccc(OC(F)(F)F)c2)CC1. The number of alkyl halides is 3. The highest BCUT2D eigenvalue weighted by atomic mass is 19.4. The van der Waals surface area contributed by atoms with Gasteiger partial charge in [0.05, 0.1) is 0 Å². The second-order valence-electron chi connectivity index (χ2n) is 5.25. The van der Waals surface area contributed by atoms with E-state index in [9.17, 15) is 18.0 Å². The smallest absolute Gasteiger partial charge is 0.406 e. The van der Waals surface area contributed by atoms with Gasteiger partial charge in [0.15, 0.2) is 0 Å². The van der Waals surface area contributed by atoms with Crippen LogP contribution < -0.4 is 15.8 Å². The van der Waals surface area contributed by atoms with Gasteiger partial charge in [-0.3, -0.25) is 4.90 Å². The highest BCUT2D eigenvalue weighted by molar-refractivity contribution is 5.71. The third kappa shape index (κ3) is 5.44. The van der Waals surface area contributed by atoms with E-state index in [4.69, 9.17) is 5.73 Å². The molecule has 0 radical (unpaired) electrons. The van der Waals surface area contributed by atoms with E-state index in [1.54, 1.807) is 6.07 Å². The molecule has 3 N–H and O–H groups in total. The largest absolute Gasteiger partial charge is 0.573 e. The van der Waals surface area contributed by atoms with Crippen LogP contribution in [0.15, 0.2) is 24.3 Å². The molecule has 1 saturated heterocycles. The molecule has 1 aromatic carbocycles. The summed E-state index contributed by atoms with van der Waals surface area (Å²) in [4.78, 5) is 12.9. The number of ether oxygens (including phenoxy) is 1. The van der Waals surface area contributed by atoms with Crippen molar-refractivity contribution in [1.29, 1.82) is 0 Å². The van der Waals surface area contributed by atoms with E-state index in [0.717, 1.165) is 31.5 Å². The van der Waals surface area contributed by atoms with Gasteiger partial charge in [-0.15, -0.1) is 13.2 Å². The topological polar surface area (TPSA) is 67.6 Å². The predicted octanol–water partition coefficient (Wildman–Crippen LogP) is 2.22. The third-order valence-corrected chi connectivity index (χ3v) is 3.47. The molecule has 0 atom stereocenters. The van der Waals surface area contributed by atoms with Crippen molar-refractivity contribution in [3.05, 3.63) is 29.8 Å². The fourth-order valence-corrected chi connectivity index (χ4v) is 2.54. The van der Waals surface area contributed by atoms with Crippen molar-refractivity contribution in [2.75, 3.05) is 13.1 Å². The molecule has 5 nitrogen and oxygen atoms in total. The molecule has 2 rings (SSSR count). The van der Waals surface area contributed by atoms with Crippen LogP contribution in [0.4, 0.5) is 18.0 Å². The molecule has 0 aromatic heterocycles. The van der Waals surface area contributed by atoms with Gasteiger partial charge in [-0.05, 0) is 30.5 Å². The number of likely N-dealkylation sites (tertiary alicyclic amines) is 1. The standard InChI is InChI=1S/C14H18F3N3O2/c15-14(16,17)22-12-3-1-2-10(8-12)9-20-6-4-11(5-7-20)19-13(18)21/h1-3,8,11H,4-7,9H2,(H3,18,19,21). The van der Waals surface area contributed by atoms with E-state index in [0.29, 0.717) is 6.54 Å². The lowest BCUT2D eigenvalue weighted by molar-refractivity contribution is -0.274. The maximum absolute atomic E-state index is 12.2. The second kappa shape index (κ2) is 6.87. The number of piperidine rings is 1. The number of carbonyl (C=O) groups is 1. The zero-order valence-electron chi connectivity index (χ0n) is 11.9. The van der Waals surface area contributed by atoms with Crippen LogP contribution in [0.1, 0.15) is 18.4 Å². The molecular formula is C14H18F3N3O2. The average molecular weight is 317 g/mol. The van der Waals surface area contributed by atoms with Gasteiger partial charge in [0.2, 0.25) is 0 Å². The van der Waals surface area contributed by atoms with Gasteiger partial charge in [0, 0.05) is 25.7 Å². The molecule has 1 aliphatic rings. The molecule has 2 amide bonds. The van der Waals surface area contributed by atoms with E-state index in [2.05, 4.69) is 15.0 Å². The molecule has 0 spiro atoms. The molecule has 0 saturated carbocycles. The first-order valence-corrected chi connectivity index (χ1v) is 6.95. The van der Waals surface area contributed by atoms with E-state index in [1.165, 1.54) is 18.2 Å². The van der Waals surface area contributed by atoms with Crippen molar-refractivity contribution in [2.45, 2.75) is 31.8 Å². The number of nitrogens with zero attached hydrogens (tertiary/aromatic N) is 1. The van der Waals surface area contributed by atoms with Crippen LogP contribution in [-0.4, -0.2) is 36.4 Å². The van der Waals surface area contributed by atoms with Crippen LogP contribution in [0.5, 0.6) is 5.75 Å². The number of primary amides is 1. The third-order valence-electron chi connectivity index (χ3n) is 3.47. The Balaban J connectivity index is 1.87. The van der Waals surface area contributed by atoms with Crippen molar-refractivity contribution in [2.24, 2.45) is 5.73 Å². The summed E-state index contributed by atoms with van der Waals surface area (Å²) in [7, 11) is 0. The van der Waals surface area contributed by atoms with Crippen LogP contribution in [-0.2, 0) is 6.54 Å². The summed E-state index contributed by atoms with van der Waals surface area (Å²) < 4.78 is 40.5. The molecule has 0 aliphatic carbocycles. The Morgan fingerprint density at radius 3 is 2.64 bits per heavy atom. The summed E-state index contributed by atoms with van der Waals surface area (Å²) in [5.74, 6) is -0.213. The van der Waals surface area contributed by atoms with Crippen LogP contribution >= 0.6 is 0 Å². The lowest BCUT2D eigenvalue weighted by atomic mass is 10.0. The maximum Gasteiger partial charge on any atom is 0.573 e. The first-order valence-electron chi connectivity index (χ1n) is 6.95. The number of urea groups is 1. The summed E-state index contributed by atoms with van der Waals surface area (Å²) in [6.07, 6.45) is -3.15. The first-order chi connectivity index (χ1) is 10.3. The first kappa shape index (κ1) is 16.4. The highest BCUT2D eigenvalue weighted by Crippen LogP contribution is 2.24. The Morgan fingerprint density at radius 1 is 1.36 bits per heavy atom. The zero-order chi connectivity index (χ0) is 16.2. The Morgan fingerprint density at radius 2 is 2.05 bits per heavy atom. The average Bonchev–Trinajstić information content (AvgIpc) is 2.39. The Labute approximate surface area is 126 Å². The second-order valence-corrected chi connectivity index (χ2v) is 5.25. The molecule has 8 heteroatoms. The van der Waals surface area contributed by atoms with Crippen molar-refractivity contribution in [3.63, 3.8) is 0 Å². The summed E-state index contributed by atoms with van der Waals surface area (Å²) in [6, 6.07) is 5.50. The highest BCUT2D eigenvalue weighted by Gasteiger charge is 2.31. The number of hydrogen-bond donors (Lipinski definition) is 2. The predicted molar refractivity (Wildman–Crippen MR) is 74.1 cm³/mol. The maximum atomic E-state index is 12.2. The van der Waals surface area contributed by atoms with Crippen molar-refractivity contribution in [3.8, 4) is 5.75 Å². The van der Waals surface area contributed by atoms with E-state index >= 15 is 0 Å². The summed E-state index contributed by atoms with van der Waals surface area (Å²) >= 11 is 0. The lowest BCUT2D eigenvalue weighted by Crippen LogP contribution is -2.46. The minimum atomic E-state index is -4.68. The number of rotatable bonds is 4. The van der Waals surface area contributed by atoms with Gasteiger partial charge in [0.1, 0.15) is 5.75 Å². The monoisotopic (exact) mass is 317 g/mol. The van der Waals surface area contributed by atoms with Crippen LogP contribution in [0, 0.1) is 0 Å². The van der Waals surface area contributed by atoms with Gasteiger partial charge >= 0.3 is 12.4 Å². The minimum absolute atomic E-state index is 0.0636. The van der Waals surface area contributed by atoms with Crippen LogP contribution in [0.25, 0.3) is 0 Å². The molecule has 122 valence electrons. The van der Waals surface area contributed by atoms with Crippen molar-refractivity contribution < 1.29 is 22.7 Å². The van der Waals surface area contributed by atoms with Crippen molar-refractivity contribution >= 4 is 6.03 Å². The lowest BCUT2D eigenvalue weighted by Gasteiger charge is -2.32. The number of halogens is 3. The minimum Gasteiger partial charge on any atom is -0.406 e. The molecule has 1 aromatic rings. The number of benzene rings is 1. The molecule has 22 heavy (non-hydrogen) atoms. The van der Waals surface area contributed by atoms with Crippen molar-refractivity contribution in [1.82, 2.24) is 10.2 Å². The Bertz CT molecular complexity index is 514. The number of nitrogens with two attached hydrogens (primary N) is 1. The summed E-state index contributed by atoms with van der Waals surface area (Å²) in [5, 5.41) is 2.67.